The van der Waals surface area contributed by atoms with Gasteiger partial charge in [0.15, 0.2) is 0 Å². The Morgan fingerprint density at radius 3 is 0.724 bits per heavy atom. The van der Waals surface area contributed by atoms with E-state index in [1.54, 1.807) is 0 Å². The van der Waals surface area contributed by atoms with Gasteiger partial charge in [-0.15, -0.1) is 0 Å². The summed E-state index contributed by atoms with van der Waals surface area (Å²) in [7, 11) is 0. The van der Waals surface area contributed by atoms with E-state index in [2.05, 4.69) is 159 Å². The first kappa shape index (κ1) is 54.7. The van der Waals surface area contributed by atoms with E-state index in [1.807, 2.05) is 55.4 Å². The fourth-order valence-electron chi connectivity index (χ4n) is 14.2. The first-order chi connectivity index (χ1) is 27.0. The summed E-state index contributed by atoms with van der Waals surface area (Å²) in [6.07, 6.45) is 14.9. The minimum absolute atomic E-state index is 0.448. The highest BCUT2D eigenvalue weighted by Crippen LogP contribution is 2.85. The molecular weight excluding hydrogens is 697 g/mol. The van der Waals surface area contributed by atoms with Crippen LogP contribution in [0.4, 0.5) is 0 Å². The molecule has 0 saturated heterocycles. The molecule has 0 radical (unpaired) electrons. The molecule has 2 aromatic rings. The van der Waals surface area contributed by atoms with Gasteiger partial charge in [-0.2, -0.15) is 0 Å². The molecule has 0 spiro atoms. The third kappa shape index (κ3) is 8.69. The average molecular weight is 803 g/mol. The van der Waals surface area contributed by atoms with Gasteiger partial charge < -0.3 is 0 Å². The lowest BCUT2D eigenvalue weighted by Crippen LogP contribution is -2.76. The zero-order valence-corrected chi connectivity index (χ0v) is 44.2. The van der Waals surface area contributed by atoms with Crippen LogP contribution >= 0.6 is 0 Å². The summed E-state index contributed by atoms with van der Waals surface area (Å²) in [5.74, 6) is 6.19. The van der Waals surface area contributed by atoms with Gasteiger partial charge in [0, 0.05) is 0 Å². The van der Waals surface area contributed by atoms with Gasteiger partial charge in [0.25, 0.3) is 0 Å². The molecule has 6 aliphatic rings. The van der Waals surface area contributed by atoms with Crippen molar-refractivity contribution in [2.24, 2.45) is 78.8 Å². The van der Waals surface area contributed by atoms with Crippen LogP contribution in [0.5, 0.6) is 0 Å². The number of hydrogen-bond acceptors (Lipinski definition) is 0. The van der Waals surface area contributed by atoms with E-state index in [1.165, 1.54) is 75.0 Å². The fraction of sp³-hybridized carbons (Fsp3) is 0.828. The van der Waals surface area contributed by atoms with Crippen molar-refractivity contribution in [1.82, 2.24) is 0 Å². The molecule has 0 N–H and O–H groups in total. The van der Waals surface area contributed by atoms with Crippen LogP contribution in [0.2, 0.25) is 0 Å². The summed E-state index contributed by atoms with van der Waals surface area (Å²) in [6, 6.07) is 16.7. The highest BCUT2D eigenvalue weighted by Gasteiger charge is 2.78. The second-order valence-electron chi connectivity index (χ2n) is 22.1. The highest BCUT2D eigenvalue weighted by atomic mass is 14.8. The van der Waals surface area contributed by atoms with Crippen molar-refractivity contribution in [3.8, 4) is 0 Å². The average Bonchev–Trinajstić information content (AvgIpc) is 3.24. The van der Waals surface area contributed by atoms with Crippen molar-refractivity contribution in [2.75, 3.05) is 0 Å². The molecule has 6 saturated carbocycles. The lowest BCUT2D eigenvalue weighted by Gasteiger charge is -2.83. The Hall–Kier alpha value is -1.30. The first-order valence-corrected chi connectivity index (χ1v) is 25.4. The van der Waals surface area contributed by atoms with Crippen LogP contribution in [-0.2, 0) is 0 Å². The minimum Gasteiger partial charge on any atom is -0.0683 e. The van der Waals surface area contributed by atoms with E-state index >= 15 is 0 Å². The number of fused-ring (bicyclic) bond motifs is 6. The smallest absolute Gasteiger partial charge is 0.0184 e. The number of benzene rings is 2. The predicted molar refractivity (Wildman–Crippen MR) is 267 cm³/mol. The van der Waals surface area contributed by atoms with E-state index in [-0.39, 0.29) is 0 Å². The summed E-state index contributed by atoms with van der Waals surface area (Å²) < 4.78 is 0. The molecule has 0 bridgehead atoms. The van der Waals surface area contributed by atoms with Crippen LogP contribution in [0.25, 0.3) is 10.8 Å². The third-order valence-corrected chi connectivity index (χ3v) is 21.0. The summed E-state index contributed by atoms with van der Waals surface area (Å²) in [5, 5.41) is 2.62. The molecule has 58 heavy (non-hydrogen) atoms. The van der Waals surface area contributed by atoms with E-state index < -0.39 is 0 Å². The van der Waals surface area contributed by atoms with Gasteiger partial charge in [-0.1, -0.05) is 240 Å². The quantitative estimate of drug-likeness (QED) is 0.249. The first-order valence-electron chi connectivity index (χ1n) is 25.4. The molecule has 2 aromatic carbocycles. The van der Waals surface area contributed by atoms with E-state index in [4.69, 9.17) is 0 Å². The Bertz CT molecular complexity index is 1240. The van der Waals surface area contributed by atoms with Crippen molar-refractivity contribution in [3.05, 3.63) is 48.5 Å². The van der Waals surface area contributed by atoms with Crippen LogP contribution in [0.1, 0.15) is 230 Å². The van der Waals surface area contributed by atoms with Gasteiger partial charge in [-0.05, 0) is 128 Å². The largest absolute Gasteiger partial charge is 0.0683 e. The van der Waals surface area contributed by atoms with Crippen molar-refractivity contribution in [3.63, 3.8) is 0 Å². The Balaban J connectivity index is 0.000000369. The molecule has 0 aliphatic heterocycles. The predicted octanol–water partition coefficient (Wildman–Crippen LogP) is 19.8. The maximum absolute atomic E-state index is 2.62. The normalized spacial score (nSPS) is 38.1. The van der Waals surface area contributed by atoms with Crippen LogP contribution < -0.4 is 0 Å². The molecule has 6 unspecified atom stereocenters. The Morgan fingerprint density at radius 2 is 0.534 bits per heavy atom. The van der Waals surface area contributed by atoms with Crippen LogP contribution in [-0.4, -0.2) is 0 Å². The summed E-state index contributed by atoms with van der Waals surface area (Å²) in [4.78, 5) is 0. The van der Waals surface area contributed by atoms with Crippen molar-refractivity contribution >= 4 is 10.8 Å². The van der Waals surface area contributed by atoms with Crippen molar-refractivity contribution in [1.29, 1.82) is 0 Å². The minimum atomic E-state index is 0.448. The van der Waals surface area contributed by atoms with Crippen LogP contribution in [0, 0.1) is 78.8 Å². The topological polar surface area (TPSA) is 0 Å². The SMILES string of the molecule is CC.CC.CC.CC.CC1(C)C(C)(C)C(C)(C)C1(C)C.CC12CCCCC1(C)C1(C)CCCCC21C.CC1CC2C(C)C(C)C2CC1C.c1ccc2ccccc2c1. The summed E-state index contributed by atoms with van der Waals surface area (Å²) in [6.45, 7) is 55.5. The Kier molecular flexibility index (Phi) is 20.0. The van der Waals surface area contributed by atoms with E-state index in [0.717, 1.165) is 35.5 Å². The standard InChI is InChI=1S/C16H28.C12H22.C12H24.C10H8.4C2H6/c1-13-9-5-6-10-14(13,2)16(4)12-8-7-11-15(13,16)3;1-7-5-11-9(3)10(4)12(11)6-8(7)2;1-9(2)10(3,4)12(7,8)11(9,5)6;1-2-6-10-8-4-3-7-9(10)5-1;4*1-2/h5-12H2,1-4H3;7-12H,5-6H2,1-4H3;1-8H3;1-8H;4*1-2H3. The lowest BCUT2D eigenvalue weighted by atomic mass is 9.21. The molecule has 8 rings (SSSR count). The molecule has 6 aliphatic carbocycles. The van der Waals surface area contributed by atoms with Gasteiger partial charge >= 0.3 is 0 Å². The Labute approximate surface area is 367 Å². The summed E-state index contributed by atoms with van der Waals surface area (Å²) in [5.41, 5.74) is 4.38. The van der Waals surface area contributed by atoms with Crippen LogP contribution in [0.15, 0.2) is 48.5 Å². The zero-order chi connectivity index (χ0) is 45.3. The van der Waals surface area contributed by atoms with E-state index in [9.17, 15) is 0 Å². The monoisotopic (exact) mass is 803 g/mol. The molecule has 0 heteroatoms. The molecule has 6 atom stereocenters. The summed E-state index contributed by atoms with van der Waals surface area (Å²) >= 11 is 0. The Morgan fingerprint density at radius 1 is 0.345 bits per heavy atom. The number of rotatable bonds is 0. The second-order valence-corrected chi connectivity index (χ2v) is 22.1. The molecule has 0 nitrogen and oxygen atoms in total. The second kappa shape index (κ2) is 21.2. The van der Waals surface area contributed by atoms with Gasteiger partial charge in [-0.25, -0.2) is 0 Å². The third-order valence-electron chi connectivity index (χ3n) is 21.0. The van der Waals surface area contributed by atoms with Crippen LogP contribution in [0.3, 0.4) is 0 Å². The molecule has 0 amide bonds. The zero-order valence-electron chi connectivity index (χ0n) is 44.2. The van der Waals surface area contributed by atoms with Crippen molar-refractivity contribution < 1.29 is 0 Å². The van der Waals surface area contributed by atoms with Gasteiger partial charge in [0.2, 0.25) is 0 Å². The maximum atomic E-state index is 2.62. The molecular formula is C58H106. The van der Waals surface area contributed by atoms with Gasteiger partial charge in [0.05, 0.1) is 0 Å². The lowest BCUT2D eigenvalue weighted by molar-refractivity contribution is -0.348. The van der Waals surface area contributed by atoms with Crippen molar-refractivity contribution in [2.45, 2.75) is 230 Å². The highest BCUT2D eigenvalue weighted by molar-refractivity contribution is 5.82. The maximum Gasteiger partial charge on any atom is -0.0184 e. The van der Waals surface area contributed by atoms with Gasteiger partial charge in [0.1, 0.15) is 0 Å². The molecule has 0 aromatic heterocycles. The molecule has 0 heterocycles. The van der Waals surface area contributed by atoms with E-state index in [0.29, 0.717) is 43.3 Å². The fourth-order valence-corrected chi connectivity index (χ4v) is 14.2. The molecule has 338 valence electrons. The number of hydrogen-bond donors (Lipinski definition) is 0. The van der Waals surface area contributed by atoms with Gasteiger partial charge in [-0.3, -0.25) is 0 Å². The molecule has 6 fully saturated rings.